The summed E-state index contributed by atoms with van der Waals surface area (Å²) in [5.41, 5.74) is -0.314. The van der Waals surface area contributed by atoms with Gasteiger partial charge in [0, 0.05) is 25.1 Å². The van der Waals surface area contributed by atoms with Gasteiger partial charge in [0.2, 0.25) is 0 Å². The molecule has 1 aromatic heterocycles. The van der Waals surface area contributed by atoms with Gasteiger partial charge in [0.05, 0.1) is 11.7 Å². The highest BCUT2D eigenvalue weighted by molar-refractivity contribution is 5.39. The number of hydrogen-bond donors (Lipinski definition) is 1. The van der Waals surface area contributed by atoms with E-state index in [2.05, 4.69) is 28.7 Å². The second kappa shape index (κ2) is 4.96. The fraction of sp³-hybridized carbons (Fsp3) is 0.714. The molecule has 1 N–H and O–H groups in total. The van der Waals surface area contributed by atoms with Gasteiger partial charge >= 0.3 is 0 Å². The number of nitrogens with one attached hydrogen (secondary N) is 1. The quantitative estimate of drug-likeness (QED) is 0.887. The van der Waals surface area contributed by atoms with Gasteiger partial charge in [-0.15, -0.1) is 0 Å². The Morgan fingerprint density at radius 1 is 1.53 bits per heavy atom. The molecule has 2 heterocycles. The minimum absolute atomic E-state index is 0.0920. The monoisotopic (exact) mass is 265 g/mol. The largest absolute Gasteiger partial charge is 0.369 e. The lowest BCUT2D eigenvalue weighted by molar-refractivity contribution is -0.0751. The molecule has 5 heteroatoms. The summed E-state index contributed by atoms with van der Waals surface area (Å²) in [4.78, 5) is 21.2. The summed E-state index contributed by atoms with van der Waals surface area (Å²) < 4.78 is 5.88. The minimum Gasteiger partial charge on any atom is -0.369 e. The van der Waals surface area contributed by atoms with Crippen LogP contribution in [0.2, 0.25) is 0 Å². The Morgan fingerprint density at radius 2 is 2.21 bits per heavy atom. The maximum absolute atomic E-state index is 11.7. The van der Waals surface area contributed by atoms with Crippen molar-refractivity contribution in [3.63, 3.8) is 0 Å². The van der Waals surface area contributed by atoms with Crippen molar-refractivity contribution in [2.24, 2.45) is 0 Å². The van der Waals surface area contributed by atoms with Crippen molar-refractivity contribution in [3.8, 4) is 0 Å². The molecule has 1 saturated heterocycles. The van der Waals surface area contributed by atoms with Crippen molar-refractivity contribution in [2.45, 2.75) is 52.2 Å². The van der Waals surface area contributed by atoms with Crippen LogP contribution in [0.4, 0.5) is 5.82 Å². The van der Waals surface area contributed by atoms with Gasteiger partial charge in [-0.05, 0) is 20.8 Å². The van der Waals surface area contributed by atoms with Gasteiger partial charge in [0.15, 0.2) is 0 Å². The molecule has 19 heavy (non-hydrogen) atoms. The predicted molar refractivity (Wildman–Crippen MR) is 75.8 cm³/mol. The maximum atomic E-state index is 11.7. The van der Waals surface area contributed by atoms with E-state index >= 15 is 0 Å². The second-order valence-corrected chi connectivity index (χ2v) is 6.21. The first kappa shape index (κ1) is 14.1. The molecule has 0 aliphatic carbocycles. The molecule has 0 aromatic carbocycles. The third-order valence-electron chi connectivity index (χ3n) is 3.19. The Bertz CT molecular complexity index is 508. The lowest BCUT2D eigenvalue weighted by atomic mass is 10.1. The van der Waals surface area contributed by atoms with Crippen molar-refractivity contribution >= 4 is 5.82 Å². The van der Waals surface area contributed by atoms with Gasteiger partial charge in [-0.3, -0.25) is 4.79 Å². The van der Waals surface area contributed by atoms with Gasteiger partial charge < -0.3 is 14.6 Å². The van der Waals surface area contributed by atoms with Crippen LogP contribution in [0.5, 0.6) is 0 Å². The molecular formula is C14H23N3O2. The fourth-order valence-corrected chi connectivity index (χ4v) is 2.53. The number of aromatic amines is 1. The average Bonchev–Trinajstić information content (AvgIpc) is 2.25. The summed E-state index contributed by atoms with van der Waals surface area (Å²) in [6.45, 7) is 11.7. The number of aromatic nitrogens is 2. The molecule has 1 fully saturated rings. The number of hydrogen-bond acceptors (Lipinski definition) is 4. The highest BCUT2D eigenvalue weighted by atomic mass is 16.5. The molecule has 1 aliphatic rings. The van der Waals surface area contributed by atoms with Crippen molar-refractivity contribution in [3.05, 3.63) is 22.2 Å². The fourth-order valence-electron chi connectivity index (χ4n) is 2.53. The molecule has 1 aromatic rings. The molecule has 0 bridgehead atoms. The third kappa shape index (κ3) is 3.35. The highest BCUT2D eigenvalue weighted by Gasteiger charge is 2.32. The first-order valence-corrected chi connectivity index (χ1v) is 6.81. The molecule has 0 spiro atoms. The van der Waals surface area contributed by atoms with Gasteiger partial charge in [0.25, 0.3) is 5.56 Å². The van der Waals surface area contributed by atoms with Gasteiger partial charge in [-0.2, -0.15) is 0 Å². The van der Waals surface area contributed by atoms with E-state index in [0.29, 0.717) is 0 Å². The molecular weight excluding hydrogens is 242 g/mol. The molecule has 1 aliphatic heterocycles. The zero-order valence-corrected chi connectivity index (χ0v) is 12.4. The van der Waals surface area contributed by atoms with Crippen LogP contribution in [0.3, 0.4) is 0 Å². The summed E-state index contributed by atoms with van der Waals surface area (Å²) in [6, 6.07) is 1.57. The summed E-state index contributed by atoms with van der Waals surface area (Å²) in [7, 11) is 0. The van der Waals surface area contributed by atoms with E-state index < -0.39 is 0 Å². The van der Waals surface area contributed by atoms with E-state index in [1.807, 2.05) is 20.8 Å². The molecule has 0 saturated carbocycles. The Kier molecular flexibility index (Phi) is 3.67. The zero-order valence-electron chi connectivity index (χ0n) is 12.4. The lowest BCUT2D eigenvalue weighted by Crippen LogP contribution is -2.52. The highest BCUT2D eigenvalue weighted by Crippen LogP contribution is 2.24. The van der Waals surface area contributed by atoms with Gasteiger partial charge in [-0.1, -0.05) is 13.8 Å². The van der Waals surface area contributed by atoms with Crippen molar-refractivity contribution < 1.29 is 4.74 Å². The van der Waals surface area contributed by atoms with Crippen LogP contribution >= 0.6 is 0 Å². The SMILES string of the molecule is CC1CN(c2cc(=O)[nH]c(C(C)C)n2)CC(C)(C)O1. The topological polar surface area (TPSA) is 58.2 Å². The number of rotatable bonds is 2. The standard InChI is InChI=1S/C14H23N3O2/c1-9(2)13-15-11(6-12(18)16-13)17-7-10(3)19-14(4,5)8-17/h6,9-10H,7-8H2,1-5H3,(H,15,16,18). The molecule has 0 amide bonds. The maximum Gasteiger partial charge on any atom is 0.252 e. The van der Waals surface area contributed by atoms with E-state index in [-0.39, 0.29) is 23.2 Å². The summed E-state index contributed by atoms with van der Waals surface area (Å²) in [6.07, 6.45) is 0.132. The number of ether oxygens (including phenoxy) is 1. The Labute approximate surface area is 114 Å². The third-order valence-corrected chi connectivity index (χ3v) is 3.19. The summed E-state index contributed by atoms with van der Waals surface area (Å²) in [5.74, 6) is 1.69. The van der Waals surface area contributed by atoms with Gasteiger partial charge in [0.1, 0.15) is 11.6 Å². The number of nitrogens with zero attached hydrogens (tertiary/aromatic N) is 2. The minimum atomic E-state index is -0.222. The lowest BCUT2D eigenvalue weighted by Gasteiger charge is -2.42. The number of anilines is 1. The van der Waals surface area contributed by atoms with E-state index in [9.17, 15) is 4.79 Å². The Balaban J connectivity index is 2.33. The molecule has 106 valence electrons. The van der Waals surface area contributed by atoms with Crippen molar-refractivity contribution in [1.82, 2.24) is 9.97 Å². The van der Waals surface area contributed by atoms with E-state index in [1.54, 1.807) is 6.07 Å². The molecule has 1 unspecified atom stereocenters. The Morgan fingerprint density at radius 3 is 2.79 bits per heavy atom. The van der Waals surface area contributed by atoms with E-state index in [4.69, 9.17) is 4.74 Å². The van der Waals surface area contributed by atoms with Crippen LogP contribution in [0.25, 0.3) is 0 Å². The van der Waals surface area contributed by atoms with Crippen LogP contribution in [0.1, 0.15) is 46.4 Å². The smallest absolute Gasteiger partial charge is 0.252 e. The first-order chi connectivity index (χ1) is 8.77. The molecule has 5 nitrogen and oxygen atoms in total. The van der Waals surface area contributed by atoms with Crippen LogP contribution in [-0.4, -0.2) is 34.8 Å². The number of H-pyrrole nitrogens is 1. The second-order valence-electron chi connectivity index (χ2n) is 6.21. The van der Waals surface area contributed by atoms with E-state index in [0.717, 1.165) is 24.7 Å². The molecule has 0 radical (unpaired) electrons. The van der Waals surface area contributed by atoms with Crippen LogP contribution in [0, 0.1) is 0 Å². The van der Waals surface area contributed by atoms with Crippen molar-refractivity contribution in [1.29, 1.82) is 0 Å². The molecule has 1 atom stereocenters. The van der Waals surface area contributed by atoms with Gasteiger partial charge in [-0.25, -0.2) is 4.98 Å². The predicted octanol–water partition coefficient (Wildman–Crippen LogP) is 1.90. The molecule has 2 rings (SSSR count). The summed E-state index contributed by atoms with van der Waals surface area (Å²) >= 11 is 0. The Hall–Kier alpha value is -1.36. The zero-order chi connectivity index (χ0) is 14.2. The first-order valence-electron chi connectivity index (χ1n) is 6.81. The normalized spacial score (nSPS) is 22.8. The van der Waals surface area contributed by atoms with Crippen LogP contribution in [0.15, 0.2) is 10.9 Å². The number of morpholine rings is 1. The van der Waals surface area contributed by atoms with Crippen LogP contribution < -0.4 is 10.5 Å². The van der Waals surface area contributed by atoms with Crippen LogP contribution in [-0.2, 0) is 4.74 Å². The average molecular weight is 265 g/mol. The van der Waals surface area contributed by atoms with E-state index in [1.165, 1.54) is 0 Å². The summed E-state index contributed by atoms with van der Waals surface area (Å²) in [5, 5.41) is 0. The van der Waals surface area contributed by atoms with Crippen molar-refractivity contribution in [2.75, 3.05) is 18.0 Å².